The van der Waals surface area contributed by atoms with Crippen LogP contribution in [0.3, 0.4) is 0 Å². The summed E-state index contributed by atoms with van der Waals surface area (Å²) in [6, 6.07) is 6.69. The predicted octanol–water partition coefficient (Wildman–Crippen LogP) is 3.61. The lowest BCUT2D eigenvalue weighted by molar-refractivity contribution is -0.117. The summed E-state index contributed by atoms with van der Waals surface area (Å²) in [5, 5.41) is 13.9. The molecule has 6 nitrogen and oxygen atoms in total. The number of rotatable bonds is 8. The molecule has 1 heterocycles. The van der Waals surface area contributed by atoms with Gasteiger partial charge in [0, 0.05) is 29.8 Å². The van der Waals surface area contributed by atoms with E-state index < -0.39 is 11.6 Å². The molecule has 1 aliphatic rings. The number of aromatic nitrogens is 2. The topological polar surface area (TPSA) is 84.0 Å². The first-order valence-electron chi connectivity index (χ1n) is 8.53. The maximum atomic E-state index is 13.1. The number of hydrogen-bond donors (Lipinski definition) is 2. The Morgan fingerprint density at radius 1 is 1.07 bits per heavy atom. The van der Waals surface area contributed by atoms with E-state index in [1.165, 1.54) is 17.8 Å². The summed E-state index contributed by atoms with van der Waals surface area (Å²) in [6.07, 6.45) is 2.69. The number of hydrogen-bond acceptors (Lipinski definition) is 5. The molecular weight excluding hydrogens is 374 g/mol. The van der Waals surface area contributed by atoms with Gasteiger partial charge in [0.05, 0.1) is 0 Å². The van der Waals surface area contributed by atoms with E-state index in [-0.39, 0.29) is 29.8 Å². The van der Waals surface area contributed by atoms with Crippen molar-refractivity contribution in [1.82, 2.24) is 10.2 Å². The van der Waals surface area contributed by atoms with Gasteiger partial charge in [0.25, 0.3) is 0 Å². The summed E-state index contributed by atoms with van der Waals surface area (Å²) in [5.41, 5.74) is 0.223. The van der Waals surface area contributed by atoms with E-state index in [9.17, 15) is 18.4 Å². The van der Waals surface area contributed by atoms with Crippen LogP contribution in [-0.4, -0.2) is 27.8 Å². The first kappa shape index (κ1) is 19.2. The fraction of sp³-hybridized carbons (Fsp3) is 0.333. The molecule has 0 bridgehead atoms. The number of nitrogens with zero attached hydrogens (tertiary/aromatic N) is 2. The van der Waals surface area contributed by atoms with Crippen LogP contribution < -0.4 is 10.6 Å². The van der Waals surface area contributed by atoms with Crippen LogP contribution in [0.5, 0.6) is 0 Å². The van der Waals surface area contributed by atoms with Crippen molar-refractivity contribution in [2.24, 2.45) is 5.92 Å². The van der Waals surface area contributed by atoms with E-state index in [1.54, 1.807) is 12.1 Å². The Kier molecular flexibility index (Phi) is 6.33. The third kappa shape index (κ3) is 5.99. The minimum Gasteiger partial charge on any atom is -0.326 e. The van der Waals surface area contributed by atoms with Crippen molar-refractivity contribution in [1.29, 1.82) is 0 Å². The van der Waals surface area contributed by atoms with Crippen molar-refractivity contribution >= 4 is 35.1 Å². The summed E-state index contributed by atoms with van der Waals surface area (Å²) >= 11 is 1.44. The zero-order valence-corrected chi connectivity index (χ0v) is 15.2. The normalized spacial score (nSPS) is 13.3. The highest BCUT2D eigenvalue weighted by Gasteiger charge is 2.29. The first-order chi connectivity index (χ1) is 13.0. The molecular formula is C18H18F2N4O2S. The zero-order chi connectivity index (χ0) is 19.2. The smallest absolute Gasteiger partial charge is 0.228 e. The van der Waals surface area contributed by atoms with E-state index in [2.05, 4.69) is 20.8 Å². The number of halogens is 2. The number of benzene rings is 1. The summed E-state index contributed by atoms with van der Waals surface area (Å²) in [6.45, 7) is 0. The summed E-state index contributed by atoms with van der Waals surface area (Å²) < 4.78 is 25.9. The third-order valence-corrected chi connectivity index (χ3v) is 4.85. The Morgan fingerprint density at radius 3 is 2.56 bits per heavy atom. The second-order valence-corrected chi connectivity index (χ2v) is 7.26. The molecule has 9 heteroatoms. The molecule has 27 heavy (non-hydrogen) atoms. The van der Waals surface area contributed by atoms with Crippen molar-refractivity contribution in [2.45, 2.75) is 30.7 Å². The quantitative estimate of drug-likeness (QED) is 0.530. The van der Waals surface area contributed by atoms with Gasteiger partial charge in [0.2, 0.25) is 11.8 Å². The van der Waals surface area contributed by atoms with E-state index >= 15 is 0 Å². The molecule has 1 aromatic carbocycles. The van der Waals surface area contributed by atoms with Gasteiger partial charge in [-0.1, -0.05) is 0 Å². The van der Waals surface area contributed by atoms with Crippen molar-refractivity contribution in [2.75, 3.05) is 16.4 Å². The highest BCUT2D eigenvalue weighted by molar-refractivity contribution is 7.99. The van der Waals surface area contributed by atoms with Crippen LogP contribution in [0, 0.1) is 17.6 Å². The third-order valence-electron chi connectivity index (χ3n) is 3.84. The number of carbonyl (C=O) groups is 2. The van der Waals surface area contributed by atoms with Crippen LogP contribution in [0.15, 0.2) is 35.4 Å². The zero-order valence-electron chi connectivity index (χ0n) is 14.4. The Labute approximate surface area is 159 Å². The van der Waals surface area contributed by atoms with Crippen LogP contribution in [0.2, 0.25) is 0 Å². The van der Waals surface area contributed by atoms with Crippen molar-refractivity contribution in [3.8, 4) is 0 Å². The predicted molar refractivity (Wildman–Crippen MR) is 98.3 cm³/mol. The van der Waals surface area contributed by atoms with E-state index in [0.29, 0.717) is 23.0 Å². The molecule has 0 atom stereocenters. The molecule has 1 aromatic heterocycles. The van der Waals surface area contributed by atoms with Gasteiger partial charge in [-0.3, -0.25) is 9.59 Å². The molecule has 0 saturated heterocycles. The van der Waals surface area contributed by atoms with Gasteiger partial charge in [0.1, 0.15) is 5.03 Å². The average Bonchev–Trinajstić information content (AvgIpc) is 3.48. The second kappa shape index (κ2) is 8.90. The van der Waals surface area contributed by atoms with Gasteiger partial charge >= 0.3 is 0 Å². The molecule has 1 fully saturated rings. The maximum Gasteiger partial charge on any atom is 0.228 e. The highest BCUT2D eigenvalue weighted by Crippen LogP contribution is 2.30. The molecule has 1 aliphatic carbocycles. The van der Waals surface area contributed by atoms with Gasteiger partial charge in [-0.25, -0.2) is 8.78 Å². The molecule has 2 aromatic rings. The monoisotopic (exact) mass is 392 g/mol. The Bertz CT molecular complexity index is 829. The van der Waals surface area contributed by atoms with Crippen molar-refractivity contribution < 1.29 is 18.4 Å². The van der Waals surface area contributed by atoms with E-state index in [1.807, 2.05) is 0 Å². The highest BCUT2D eigenvalue weighted by atomic mass is 32.2. The average molecular weight is 392 g/mol. The lowest BCUT2D eigenvalue weighted by Crippen LogP contribution is -2.14. The second-order valence-electron chi connectivity index (χ2n) is 6.15. The Morgan fingerprint density at radius 2 is 1.89 bits per heavy atom. The van der Waals surface area contributed by atoms with Gasteiger partial charge in [-0.15, -0.1) is 22.0 Å². The molecule has 142 valence electrons. The first-order valence-corrected chi connectivity index (χ1v) is 9.52. The fourth-order valence-corrected chi connectivity index (χ4v) is 3.00. The molecule has 0 unspecified atom stereocenters. The molecule has 0 radical (unpaired) electrons. The minimum atomic E-state index is -1.00. The van der Waals surface area contributed by atoms with Gasteiger partial charge in [0.15, 0.2) is 17.5 Å². The molecule has 3 rings (SSSR count). The van der Waals surface area contributed by atoms with Crippen LogP contribution in [-0.2, 0) is 9.59 Å². The van der Waals surface area contributed by atoms with Crippen LogP contribution in [0.1, 0.15) is 25.7 Å². The standard InChI is InChI=1S/C18H18F2N4O2S/c19-13-6-5-12(10-14(13)20)21-16(25)2-1-9-27-17-8-7-15(23-24-17)22-18(26)11-3-4-11/h5-8,10-11H,1-4,9H2,(H,21,25)(H,22,23,26). The van der Waals surface area contributed by atoms with Gasteiger partial charge in [-0.2, -0.15) is 0 Å². The van der Waals surface area contributed by atoms with Crippen LogP contribution in [0.25, 0.3) is 0 Å². The van der Waals surface area contributed by atoms with E-state index in [4.69, 9.17) is 0 Å². The van der Waals surface area contributed by atoms with Crippen molar-refractivity contribution in [3.63, 3.8) is 0 Å². The van der Waals surface area contributed by atoms with Crippen LogP contribution in [0.4, 0.5) is 20.3 Å². The minimum absolute atomic E-state index is 0.0169. The molecule has 0 aliphatic heterocycles. The molecule has 1 saturated carbocycles. The SMILES string of the molecule is O=C(CCCSc1ccc(NC(=O)C2CC2)nn1)Nc1ccc(F)c(F)c1. The number of thioether (sulfide) groups is 1. The van der Waals surface area contributed by atoms with E-state index in [0.717, 1.165) is 25.0 Å². The Hall–Kier alpha value is -2.55. The fourth-order valence-electron chi connectivity index (χ4n) is 2.24. The van der Waals surface area contributed by atoms with Gasteiger partial charge in [-0.05, 0) is 43.5 Å². The molecule has 2 amide bonds. The molecule has 2 N–H and O–H groups in total. The van der Waals surface area contributed by atoms with Crippen LogP contribution >= 0.6 is 11.8 Å². The number of amides is 2. The Balaban J connectivity index is 1.36. The number of nitrogens with one attached hydrogen (secondary N) is 2. The lowest BCUT2D eigenvalue weighted by atomic mass is 10.2. The molecule has 0 spiro atoms. The van der Waals surface area contributed by atoms with Crippen molar-refractivity contribution in [3.05, 3.63) is 42.0 Å². The number of carbonyl (C=O) groups excluding carboxylic acids is 2. The number of anilines is 2. The summed E-state index contributed by atoms with van der Waals surface area (Å²) in [4.78, 5) is 23.5. The largest absolute Gasteiger partial charge is 0.326 e. The maximum absolute atomic E-state index is 13.1. The summed E-state index contributed by atoms with van der Waals surface area (Å²) in [7, 11) is 0. The lowest BCUT2D eigenvalue weighted by Gasteiger charge is -2.06. The van der Waals surface area contributed by atoms with Gasteiger partial charge < -0.3 is 10.6 Å². The summed E-state index contributed by atoms with van der Waals surface area (Å²) in [5.74, 6) is -1.06.